The first kappa shape index (κ1) is 22.3. The molecule has 0 aliphatic heterocycles. The lowest BCUT2D eigenvalue weighted by molar-refractivity contribution is -0.119. The largest absolute Gasteiger partial charge is 0.492 e. The molecule has 0 aromatic heterocycles. The number of ether oxygens (including phenoxy) is 1. The summed E-state index contributed by atoms with van der Waals surface area (Å²) in [5, 5.41) is 3.19. The Morgan fingerprint density at radius 2 is 1.71 bits per heavy atom. The number of carbonyl (C=O) groups excluding carboxylic acids is 1. The van der Waals surface area contributed by atoms with Crippen molar-refractivity contribution < 1.29 is 17.9 Å². The number of amides is 1. The molecule has 1 N–H and O–H groups in total. The molecule has 6 nitrogen and oxygen atoms in total. The second-order valence-corrected chi connectivity index (χ2v) is 8.87. The lowest BCUT2D eigenvalue weighted by atomic mass is 10.2. The van der Waals surface area contributed by atoms with Crippen LogP contribution >= 0.6 is 23.2 Å². The summed E-state index contributed by atoms with van der Waals surface area (Å²) in [6.45, 7) is 2.19. The zero-order chi connectivity index (χ0) is 20.7. The molecule has 28 heavy (non-hydrogen) atoms. The summed E-state index contributed by atoms with van der Waals surface area (Å²) in [6.07, 6.45) is 1.96. The zero-order valence-electron chi connectivity index (χ0n) is 15.6. The summed E-state index contributed by atoms with van der Waals surface area (Å²) >= 11 is 11.9. The number of rotatable bonds is 9. The van der Waals surface area contributed by atoms with Crippen molar-refractivity contribution >= 4 is 44.8 Å². The maximum atomic E-state index is 12.2. The molecule has 0 atom stereocenters. The van der Waals surface area contributed by atoms with Gasteiger partial charge in [-0.2, -0.15) is 0 Å². The summed E-state index contributed by atoms with van der Waals surface area (Å²) < 4.78 is 30.7. The standard InChI is InChI=1S/C19H22Cl2N2O4S/c1-3-14-4-6-18(7-5-14)27-9-8-22-19(24)13-23(28(2,25)26)17-11-15(20)10-16(21)12-17/h4-7,10-12H,3,8-9,13H2,1-2H3,(H,22,24). The second-order valence-electron chi connectivity index (χ2n) is 6.09. The molecule has 0 spiro atoms. The van der Waals surface area contributed by atoms with Gasteiger partial charge in [0, 0.05) is 10.0 Å². The van der Waals surface area contributed by atoms with Gasteiger partial charge in [0.25, 0.3) is 0 Å². The molecular formula is C19H22Cl2N2O4S. The molecule has 0 fully saturated rings. The minimum atomic E-state index is -3.70. The third-order valence-corrected chi connectivity index (χ3v) is 5.42. The van der Waals surface area contributed by atoms with Crippen LogP contribution in [0.2, 0.25) is 10.0 Å². The highest BCUT2D eigenvalue weighted by molar-refractivity contribution is 7.92. The molecule has 0 aliphatic carbocycles. The Bertz CT molecular complexity index is 898. The molecule has 0 saturated heterocycles. The van der Waals surface area contributed by atoms with Crippen molar-refractivity contribution in [1.29, 1.82) is 0 Å². The van der Waals surface area contributed by atoms with E-state index in [4.69, 9.17) is 27.9 Å². The number of hydrogen-bond donors (Lipinski definition) is 1. The van der Waals surface area contributed by atoms with Gasteiger partial charge < -0.3 is 10.1 Å². The molecule has 0 bridgehead atoms. The molecule has 1 amide bonds. The normalized spacial score (nSPS) is 11.1. The van der Waals surface area contributed by atoms with E-state index in [0.717, 1.165) is 17.0 Å². The first-order valence-corrected chi connectivity index (χ1v) is 11.2. The fourth-order valence-corrected chi connectivity index (χ4v) is 3.80. The van der Waals surface area contributed by atoms with Crippen LogP contribution in [0, 0.1) is 0 Å². The Morgan fingerprint density at radius 3 is 2.25 bits per heavy atom. The van der Waals surface area contributed by atoms with Crippen LogP contribution in [0.5, 0.6) is 5.75 Å². The van der Waals surface area contributed by atoms with Gasteiger partial charge in [0.2, 0.25) is 15.9 Å². The molecule has 2 rings (SSSR count). The molecule has 0 radical (unpaired) electrons. The van der Waals surface area contributed by atoms with Crippen molar-refractivity contribution in [3.8, 4) is 5.75 Å². The van der Waals surface area contributed by atoms with Crippen molar-refractivity contribution in [3.05, 3.63) is 58.1 Å². The average molecular weight is 445 g/mol. The number of nitrogens with zero attached hydrogens (tertiary/aromatic N) is 1. The average Bonchev–Trinajstić information content (AvgIpc) is 2.62. The van der Waals surface area contributed by atoms with Crippen molar-refractivity contribution in [2.45, 2.75) is 13.3 Å². The Hall–Kier alpha value is -1.96. The Morgan fingerprint density at radius 1 is 1.11 bits per heavy atom. The van der Waals surface area contributed by atoms with E-state index in [1.165, 1.54) is 23.8 Å². The first-order valence-electron chi connectivity index (χ1n) is 8.61. The van der Waals surface area contributed by atoms with E-state index < -0.39 is 15.9 Å². The fraction of sp³-hybridized carbons (Fsp3) is 0.316. The van der Waals surface area contributed by atoms with Crippen LogP contribution in [0.4, 0.5) is 5.69 Å². The monoisotopic (exact) mass is 444 g/mol. The van der Waals surface area contributed by atoms with Gasteiger partial charge in [-0.25, -0.2) is 8.42 Å². The number of nitrogens with one attached hydrogen (secondary N) is 1. The molecule has 0 heterocycles. The van der Waals surface area contributed by atoms with E-state index in [9.17, 15) is 13.2 Å². The minimum Gasteiger partial charge on any atom is -0.492 e. The topological polar surface area (TPSA) is 75.7 Å². The number of halogens is 2. The van der Waals surface area contributed by atoms with Crippen LogP contribution in [0.25, 0.3) is 0 Å². The maximum Gasteiger partial charge on any atom is 0.240 e. The molecule has 0 unspecified atom stereocenters. The zero-order valence-corrected chi connectivity index (χ0v) is 17.9. The van der Waals surface area contributed by atoms with Gasteiger partial charge >= 0.3 is 0 Å². The van der Waals surface area contributed by atoms with Gasteiger partial charge in [0.15, 0.2) is 0 Å². The number of carbonyl (C=O) groups is 1. The molecule has 2 aromatic carbocycles. The van der Waals surface area contributed by atoms with Gasteiger partial charge in [-0.15, -0.1) is 0 Å². The summed E-state index contributed by atoms with van der Waals surface area (Å²) in [7, 11) is -3.70. The Balaban J connectivity index is 1.91. The highest BCUT2D eigenvalue weighted by Gasteiger charge is 2.21. The van der Waals surface area contributed by atoms with Gasteiger partial charge in [0.1, 0.15) is 18.9 Å². The first-order chi connectivity index (χ1) is 13.2. The van der Waals surface area contributed by atoms with E-state index in [1.807, 2.05) is 24.3 Å². The second kappa shape index (κ2) is 10.0. The minimum absolute atomic E-state index is 0.224. The molecule has 0 aliphatic rings. The smallest absolute Gasteiger partial charge is 0.240 e. The lowest BCUT2D eigenvalue weighted by Crippen LogP contribution is -2.41. The summed E-state index contributed by atoms with van der Waals surface area (Å²) in [4.78, 5) is 12.2. The summed E-state index contributed by atoms with van der Waals surface area (Å²) in [5.41, 5.74) is 1.44. The quantitative estimate of drug-likeness (QED) is 0.600. The van der Waals surface area contributed by atoms with E-state index >= 15 is 0 Å². The fourth-order valence-electron chi connectivity index (χ4n) is 2.45. The number of anilines is 1. The number of hydrogen-bond acceptors (Lipinski definition) is 4. The van der Waals surface area contributed by atoms with Crippen molar-refractivity contribution in [2.24, 2.45) is 0 Å². The SMILES string of the molecule is CCc1ccc(OCCNC(=O)CN(c2cc(Cl)cc(Cl)c2)S(C)(=O)=O)cc1. The van der Waals surface area contributed by atoms with Crippen molar-refractivity contribution in [1.82, 2.24) is 5.32 Å². The van der Waals surface area contributed by atoms with Crippen LogP contribution in [0.3, 0.4) is 0 Å². The highest BCUT2D eigenvalue weighted by atomic mass is 35.5. The van der Waals surface area contributed by atoms with E-state index in [0.29, 0.717) is 5.75 Å². The molecule has 2 aromatic rings. The van der Waals surface area contributed by atoms with E-state index in [2.05, 4.69) is 12.2 Å². The predicted octanol–water partition coefficient (Wildman–Crippen LogP) is 3.52. The number of aryl methyl sites for hydroxylation is 1. The van der Waals surface area contributed by atoms with Gasteiger partial charge in [-0.3, -0.25) is 9.10 Å². The van der Waals surface area contributed by atoms with Crippen molar-refractivity contribution in [3.63, 3.8) is 0 Å². The Kier molecular flexibility index (Phi) is 7.98. The molecule has 9 heteroatoms. The van der Waals surface area contributed by atoms with Crippen molar-refractivity contribution in [2.75, 3.05) is 30.3 Å². The highest BCUT2D eigenvalue weighted by Crippen LogP contribution is 2.26. The Labute approximate surface area is 175 Å². The van der Waals surface area contributed by atoms with Gasteiger partial charge in [-0.05, 0) is 42.3 Å². The van der Waals surface area contributed by atoms with Crippen LogP contribution in [-0.2, 0) is 21.2 Å². The molecule has 152 valence electrons. The van der Waals surface area contributed by atoms with Crippen LogP contribution < -0.4 is 14.4 Å². The number of benzene rings is 2. The number of sulfonamides is 1. The molecule has 0 saturated carbocycles. The summed E-state index contributed by atoms with van der Waals surface area (Å²) in [5.74, 6) is 0.240. The van der Waals surface area contributed by atoms with Crippen LogP contribution in [-0.4, -0.2) is 40.3 Å². The third-order valence-electron chi connectivity index (χ3n) is 3.85. The lowest BCUT2D eigenvalue weighted by Gasteiger charge is -2.22. The van der Waals surface area contributed by atoms with Crippen LogP contribution in [0.1, 0.15) is 12.5 Å². The molecular weight excluding hydrogens is 423 g/mol. The maximum absolute atomic E-state index is 12.2. The summed E-state index contributed by atoms with van der Waals surface area (Å²) in [6, 6.07) is 12.1. The van der Waals surface area contributed by atoms with E-state index in [-0.39, 0.29) is 35.4 Å². The third kappa shape index (κ3) is 6.89. The van der Waals surface area contributed by atoms with Gasteiger partial charge in [-0.1, -0.05) is 42.3 Å². The van der Waals surface area contributed by atoms with E-state index in [1.54, 1.807) is 0 Å². The van der Waals surface area contributed by atoms with Crippen LogP contribution in [0.15, 0.2) is 42.5 Å². The predicted molar refractivity (Wildman–Crippen MR) is 113 cm³/mol. The van der Waals surface area contributed by atoms with Gasteiger partial charge in [0.05, 0.1) is 18.5 Å².